The maximum Gasteiger partial charge on any atom is 0.236 e. The van der Waals surface area contributed by atoms with Crippen LogP contribution in [-0.4, -0.2) is 33.4 Å². The van der Waals surface area contributed by atoms with E-state index >= 15 is 0 Å². The first-order valence-corrected chi connectivity index (χ1v) is 15.5. The number of halogens is 2. The molecule has 232 valence electrons. The Morgan fingerprint density at radius 1 is 0.522 bits per heavy atom. The van der Waals surface area contributed by atoms with Gasteiger partial charge in [-0.05, 0) is 71.2 Å². The zero-order valence-corrected chi connectivity index (χ0v) is 25.1. The summed E-state index contributed by atoms with van der Waals surface area (Å²) in [6.07, 6.45) is 1.88. The van der Waals surface area contributed by atoms with E-state index < -0.39 is 10.8 Å². The molecule has 2 spiro atoms. The van der Waals surface area contributed by atoms with E-state index in [0.29, 0.717) is 25.9 Å². The molecule has 0 aromatic heterocycles. The van der Waals surface area contributed by atoms with Crippen LogP contribution in [-0.2, 0) is 32.3 Å². The van der Waals surface area contributed by atoms with Gasteiger partial charge in [-0.1, -0.05) is 84.9 Å². The van der Waals surface area contributed by atoms with Gasteiger partial charge in [-0.3, -0.25) is 29.0 Å². The largest absolute Gasteiger partial charge is 0.278 e. The zero-order valence-electron chi connectivity index (χ0n) is 25.1. The van der Waals surface area contributed by atoms with Gasteiger partial charge in [0.1, 0.15) is 11.6 Å². The van der Waals surface area contributed by atoms with Gasteiger partial charge in [-0.15, -0.1) is 0 Å². The third kappa shape index (κ3) is 5.31. The molecule has 2 saturated carbocycles. The second kappa shape index (κ2) is 11.4. The van der Waals surface area contributed by atoms with E-state index in [2.05, 4.69) is 0 Å². The summed E-state index contributed by atoms with van der Waals surface area (Å²) in [5, 5.41) is 0. The van der Waals surface area contributed by atoms with Gasteiger partial charge >= 0.3 is 0 Å². The Kier molecular flexibility index (Phi) is 7.38. The van der Waals surface area contributed by atoms with Crippen LogP contribution in [0.25, 0.3) is 0 Å². The standard InChI is InChI=1S/2C19H16FNO2/c2*20-15-8-6-14(7-9-15)16-10-19(16)11-17(22)21(18(19)23)12-13-4-2-1-3-5-13/h2*1-9,16H,10-12H2/t16?,19-;/m0./s1. The highest BCUT2D eigenvalue weighted by Crippen LogP contribution is 2.66. The lowest BCUT2D eigenvalue weighted by Crippen LogP contribution is -2.30. The molecule has 2 aliphatic heterocycles. The monoisotopic (exact) mass is 618 g/mol. The fraction of sp³-hybridized carbons (Fsp3) is 0.263. The molecular formula is C38H32F2N2O4. The minimum atomic E-state index is -0.594. The van der Waals surface area contributed by atoms with Gasteiger partial charge in [-0.2, -0.15) is 0 Å². The van der Waals surface area contributed by atoms with Gasteiger partial charge in [-0.25, -0.2) is 8.78 Å². The molecule has 4 atom stereocenters. The maximum atomic E-state index is 13.1. The Morgan fingerprint density at radius 3 is 1.22 bits per heavy atom. The molecule has 4 aromatic carbocycles. The number of likely N-dealkylation sites (tertiary alicyclic amines) is 2. The summed E-state index contributed by atoms with van der Waals surface area (Å²) in [5.74, 6) is -0.903. The third-order valence-corrected chi connectivity index (χ3v) is 9.94. The molecule has 3 unspecified atom stereocenters. The van der Waals surface area contributed by atoms with Crippen LogP contribution >= 0.6 is 0 Å². The van der Waals surface area contributed by atoms with Crippen molar-refractivity contribution in [3.05, 3.63) is 143 Å². The lowest BCUT2D eigenvalue weighted by atomic mass is 9.97. The molecule has 2 aliphatic carbocycles. The second-order valence-electron chi connectivity index (χ2n) is 12.8. The maximum absolute atomic E-state index is 13.1. The van der Waals surface area contributed by atoms with Gasteiger partial charge in [0.25, 0.3) is 0 Å². The summed E-state index contributed by atoms with van der Waals surface area (Å²) >= 11 is 0. The summed E-state index contributed by atoms with van der Waals surface area (Å²) in [5.41, 5.74) is 2.59. The summed E-state index contributed by atoms with van der Waals surface area (Å²) in [6.45, 7) is 0.660. The molecule has 4 aromatic rings. The minimum Gasteiger partial charge on any atom is -0.278 e. The van der Waals surface area contributed by atoms with E-state index in [1.165, 1.54) is 34.1 Å². The molecule has 8 rings (SSSR count). The number of carbonyl (C=O) groups excluding carboxylic acids is 4. The Balaban J connectivity index is 0.000000147. The zero-order chi connectivity index (χ0) is 32.1. The predicted molar refractivity (Wildman–Crippen MR) is 166 cm³/mol. The van der Waals surface area contributed by atoms with Crippen molar-refractivity contribution < 1.29 is 28.0 Å². The van der Waals surface area contributed by atoms with Gasteiger partial charge < -0.3 is 0 Å². The number of nitrogens with zero attached hydrogens (tertiary/aromatic N) is 2. The Hall–Kier alpha value is -4.98. The van der Waals surface area contributed by atoms with Crippen LogP contribution < -0.4 is 0 Å². The van der Waals surface area contributed by atoms with E-state index in [1.54, 1.807) is 24.3 Å². The van der Waals surface area contributed by atoms with Crippen molar-refractivity contribution in [3.8, 4) is 0 Å². The van der Waals surface area contributed by atoms with Gasteiger partial charge in [0.05, 0.1) is 23.9 Å². The molecule has 2 saturated heterocycles. The molecule has 0 bridgehead atoms. The Morgan fingerprint density at radius 2 is 0.870 bits per heavy atom. The Labute approximate surface area is 265 Å². The first-order valence-electron chi connectivity index (χ1n) is 15.5. The molecule has 0 radical (unpaired) electrons. The lowest BCUT2D eigenvalue weighted by Gasteiger charge is -2.15. The average Bonchev–Trinajstić information content (AvgIpc) is 3.95. The van der Waals surface area contributed by atoms with Gasteiger partial charge in [0, 0.05) is 12.8 Å². The van der Waals surface area contributed by atoms with Crippen molar-refractivity contribution in [2.45, 2.75) is 50.6 Å². The normalized spacial score (nSPS) is 26.1. The van der Waals surface area contributed by atoms with Crippen molar-refractivity contribution in [3.63, 3.8) is 0 Å². The highest BCUT2D eigenvalue weighted by Gasteiger charge is 2.68. The number of imide groups is 2. The van der Waals surface area contributed by atoms with Crippen LogP contribution in [0, 0.1) is 22.5 Å². The first-order chi connectivity index (χ1) is 22.2. The van der Waals surface area contributed by atoms with Gasteiger partial charge in [0.2, 0.25) is 23.6 Å². The predicted octanol–water partition coefficient (Wildman–Crippen LogP) is 6.52. The molecule has 4 aliphatic rings. The van der Waals surface area contributed by atoms with Crippen LogP contribution in [0.1, 0.15) is 59.8 Å². The SMILES string of the molecule is O=C1CC2(CC2c2ccc(F)cc2)C(=O)N1Cc1ccccc1.O=C1C[C@]2(CC2c2ccc(F)cc2)C(=O)N1Cc1ccccc1. The topological polar surface area (TPSA) is 74.8 Å². The number of amides is 4. The quantitative estimate of drug-likeness (QED) is 0.231. The smallest absolute Gasteiger partial charge is 0.236 e. The molecular weight excluding hydrogens is 586 g/mol. The number of benzene rings is 4. The summed E-state index contributed by atoms with van der Waals surface area (Å²) in [7, 11) is 0. The van der Waals surface area contributed by atoms with E-state index in [1.807, 2.05) is 60.7 Å². The van der Waals surface area contributed by atoms with Crippen LogP contribution in [0.5, 0.6) is 0 Å². The lowest BCUT2D eigenvalue weighted by molar-refractivity contribution is -0.142. The fourth-order valence-electron chi connectivity index (χ4n) is 7.24. The van der Waals surface area contributed by atoms with Crippen molar-refractivity contribution in [1.82, 2.24) is 9.80 Å². The number of rotatable bonds is 6. The van der Waals surface area contributed by atoms with Crippen molar-refractivity contribution in [2.24, 2.45) is 10.8 Å². The highest BCUT2D eigenvalue weighted by atomic mass is 19.1. The average molecular weight is 619 g/mol. The Bertz CT molecular complexity index is 1680. The van der Waals surface area contributed by atoms with Crippen molar-refractivity contribution in [1.29, 1.82) is 0 Å². The molecule has 4 fully saturated rings. The molecule has 46 heavy (non-hydrogen) atoms. The number of carbonyl (C=O) groups is 4. The molecule has 2 heterocycles. The van der Waals surface area contributed by atoms with E-state index in [-0.39, 0.29) is 59.9 Å². The molecule has 8 heteroatoms. The third-order valence-electron chi connectivity index (χ3n) is 9.94. The fourth-order valence-corrected chi connectivity index (χ4v) is 7.24. The summed E-state index contributed by atoms with van der Waals surface area (Å²) < 4.78 is 26.1. The van der Waals surface area contributed by atoms with Crippen molar-refractivity contribution in [2.75, 3.05) is 0 Å². The summed E-state index contributed by atoms with van der Waals surface area (Å²) in [4.78, 5) is 53.0. The molecule has 0 N–H and O–H groups in total. The molecule has 4 amide bonds. The van der Waals surface area contributed by atoms with Crippen LogP contribution in [0.4, 0.5) is 8.78 Å². The summed E-state index contributed by atoms with van der Waals surface area (Å²) in [6, 6.07) is 31.5. The first kappa shape index (κ1) is 29.7. The number of hydrogen-bond donors (Lipinski definition) is 0. The van der Waals surface area contributed by atoms with Gasteiger partial charge in [0.15, 0.2) is 0 Å². The van der Waals surface area contributed by atoms with E-state index in [4.69, 9.17) is 0 Å². The van der Waals surface area contributed by atoms with E-state index in [9.17, 15) is 28.0 Å². The molecule has 6 nitrogen and oxygen atoms in total. The number of hydrogen-bond acceptors (Lipinski definition) is 4. The van der Waals surface area contributed by atoms with Crippen LogP contribution in [0.3, 0.4) is 0 Å². The second-order valence-corrected chi connectivity index (χ2v) is 12.8. The minimum absolute atomic E-state index is 0.0281. The van der Waals surface area contributed by atoms with Crippen molar-refractivity contribution >= 4 is 23.6 Å². The van der Waals surface area contributed by atoms with Crippen LogP contribution in [0.15, 0.2) is 109 Å². The highest BCUT2D eigenvalue weighted by molar-refractivity contribution is 6.09. The van der Waals surface area contributed by atoms with E-state index in [0.717, 1.165) is 22.3 Å². The van der Waals surface area contributed by atoms with Crippen LogP contribution in [0.2, 0.25) is 0 Å².